The van der Waals surface area contributed by atoms with E-state index in [1.807, 2.05) is 0 Å². The summed E-state index contributed by atoms with van der Waals surface area (Å²) in [5, 5.41) is 20.2. The summed E-state index contributed by atoms with van der Waals surface area (Å²) >= 11 is 0. The van der Waals surface area contributed by atoms with Crippen molar-refractivity contribution in [2.45, 2.75) is 0 Å². The summed E-state index contributed by atoms with van der Waals surface area (Å²) in [5.74, 6) is -1.31. The molecule has 0 atom stereocenters. The zero-order valence-electron chi connectivity index (χ0n) is 10.5. The summed E-state index contributed by atoms with van der Waals surface area (Å²) in [4.78, 5) is 35.5. The van der Waals surface area contributed by atoms with Gasteiger partial charge in [-0.3, -0.25) is 19.7 Å². The molecule has 1 N–H and O–H groups in total. The fraction of sp³-hybridized carbons (Fsp3) is 0. The van der Waals surface area contributed by atoms with Crippen LogP contribution < -0.4 is 4.90 Å². The van der Waals surface area contributed by atoms with Gasteiger partial charge in [-0.15, -0.1) is 0 Å². The summed E-state index contributed by atoms with van der Waals surface area (Å²) in [7, 11) is 0. The van der Waals surface area contributed by atoms with E-state index in [9.17, 15) is 24.8 Å². The molecule has 0 saturated carbocycles. The predicted octanol–water partition coefficient (Wildman–Crippen LogP) is 2.10. The number of benzene rings is 2. The van der Waals surface area contributed by atoms with E-state index in [0.717, 1.165) is 11.0 Å². The number of nitro groups is 1. The van der Waals surface area contributed by atoms with E-state index >= 15 is 0 Å². The van der Waals surface area contributed by atoms with Crippen LogP contribution in [0.15, 0.2) is 42.5 Å². The first-order valence-corrected chi connectivity index (χ1v) is 5.95. The third-order valence-electron chi connectivity index (χ3n) is 3.17. The van der Waals surface area contributed by atoms with E-state index in [1.54, 1.807) is 0 Å². The van der Waals surface area contributed by atoms with Crippen molar-refractivity contribution >= 4 is 23.2 Å². The van der Waals surface area contributed by atoms with Gasteiger partial charge in [0.2, 0.25) is 0 Å². The molecule has 0 aliphatic carbocycles. The van der Waals surface area contributed by atoms with E-state index in [2.05, 4.69) is 0 Å². The standard InChI is InChI=1S/C14H8N2O5/c17-10-3-1-2-8(6-10)15-13(18)11-5-4-9(16(20)21)7-12(11)14(15)19/h1-7,17H. The minimum Gasteiger partial charge on any atom is -0.508 e. The molecule has 7 nitrogen and oxygen atoms in total. The maximum atomic E-state index is 12.3. The second-order valence-corrected chi connectivity index (χ2v) is 4.45. The summed E-state index contributed by atoms with van der Waals surface area (Å²) in [6.07, 6.45) is 0. The van der Waals surface area contributed by atoms with Gasteiger partial charge in [0.1, 0.15) is 5.75 Å². The number of nitrogens with zero attached hydrogens (tertiary/aromatic N) is 2. The molecule has 1 aliphatic heterocycles. The van der Waals surface area contributed by atoms with Crippen molar-refractivity contribution in [3.63, 3.8) is 0 Å². The average Bonchev–Trinajstić information content (AvgIpc) is 2.70. The Morgan fingerprint density at radius 3 is 2.38 bits per heavy atom. The van der Waals surface area contributed by atoms with Gasteiger partial charge in [0.25, 0.3) is 17.5 Å². The molecule has 1 heterocycles. The molecule has 0 unspecified atom stereocenters. The van der Waals surface area contributed by atoms with Crippen LogP contribution >= 0.6 is 0 Å². The van der Waals surface area contributed by atoms with Crippen LogP contribution in [0.25, 0.3) is 0 Å². The van der Waals surface area contributed by atoms with Crippen molar-refractivity contribution in [3.8, 4) is 5.75 Å². The number of imide groups is 1. The summed E-state index contributed by atoms with van der Waals surface area (Å²) in [6, 6.07) is 9.19. The van der Waals surface area contributed by atoms with Gasteiger partial charge in [-0.2, -0.15) is 0 Å². The molecule has 1 aliphatic rings. The van der Waals surface area contributed by atoms with Crippen molar-refractivity contribution in [1.29, 1.82) is 0 Å². The number of carbonyl (C=O) groups excluding carboxylic acids is 2. The highest BCUT2D eigenvalue weighted by molar-refractivity contribution is 6.34. The molecule has 0 radical (unpaired) electrons. The smallest absolute Gasteiger partial charge is 0.270 e. The minimum absolute atomic E-state index is 0.0162. The van der Waals surface area contributed by atoms with Crippen molar-refractivity contribution in [3.05, 3.63) is 63.7 Å². The molecule has 0 aromatic heterocycles. The Morgan fingerprint density at radius 1 is 1.00 bits per heavy atom. The molecule has 21 heavy (non-hydrogen) atoms. The van der Waals surface area contributed by atoms with E-state index in [-0.39, 0.29) is 28.3 Å². The molecule has 2 aromatic rings. The fourth-order valence-corrected chi connectivity index (χ4v) is 2.21. The van der Waals surface area contributed by atoms with Gasteiger partial charge in [0.15, 0.2) is 0 Å². The van der Waals surface area contributed by atoms with E-state index in [0.29, 0.717) is 0 Å². The molecule has 7 heteroatoms. The number of anilines is 1. The molecule has 0 fully saturated rings. The second-order valence-electron chi connectivity index (χ2n) is 4.45. The number of carbonyl (C=O) groups is 2. The normalized spacial score (nSPS) is 13.4. The monoisotopic (exact) mass is 284 g/mol. The van der Waals surface area contributed by atoms with E-state index in [4.69, 9.17) is 0 Å². The van der Waals surface area contributed by atoms with Gasteiger partial charge in [-0.25, -0.2) is 4.90 Å². The number of aromatic hydroxyl groups is 1. The largest absolute Gasteiger partial charge is 0.508 e. The highest BCUT2D eigenvalue weighted by atomic mass is 16.6. The van der Waals surface area contributed by atoms with Crippen LogP contribution in [0.2, 0.25) is 0 Å². The molecule has 2 amide bonds. The lowest BCUT2D eigenvalue weighted by Crippen LogP contribution is -2.29. The van der Waals surface area contributed by atoms with Crippen LogP contribution in [0, 0.1) is 10.1 Å². The average molecular weight is 284 g/mol. The third-order valence-corrected chi connectivity index (χ3v) is 3.17. The van der Waals surface area contributed by atoms with Gasteiger partial charge in [0, 0.05) is 18.2 Å². The number of non-ortho nitro benzene ring substituents is 1. The van der Waals surface area contributed by atoms with Crippen molar-refractivity contribution < 1.29 is 19.6 Å². The second kappa shape index (κ2) is 4.41. The van der Waals surface area contributed by atoms with Crippen molar-refractivity contribution in [1.82, 2.24) is 0 Å². The number of amides is 2. The first-order valence-electron chi connectivity index (χ1n) is 5.95. The maximum absolute atomic E-state index is 12.3. The van der Waals surface area contributed by atoms with Gasteiger partial charge < -0.3 is 5.11 Å². The van der Waals surface area contributed by atoms with Crippen molar-refractivity contribution in [2.24, 2.45) is 0 Å². The Balaban J connectivity index is 2.10. The first kappa shape index (κ1) is 12.8. The Hall–Kier alpha value is -3.22. The number of fused-ring (bicyclic) bond motifs is 1. The molecule has 0 spiro atoms. The SMILES string of the molecule is O=C1c2ccc([N+](=O)[O-])cc2C(=O)N1c1cccc(O)c1. The number of phenolic OH excluding ortho intramolecular Hbond substituents is 1. The topological polar surface area (TPSA) is 101 Å². The van der Waals surface area contributed by atoms with Gasteiger partial charge in [0.05, 0.1) is 21.7 Å². The summed E-state index contributed by atoms with van der Waals surface area (Å²) in [6.45, 7) is 0. The third kappa shape index (κ3) is 1.91. The van der Waals surface area contributed by atoms with E-state index < -0.39 is 16.7 Å². The van der Waals surface area contributed by atoms with Gasteiger partial charge >= 0.3 is 0 Å². The molecule has 0 saturated heterocycles. The van der Waals surface area contributed by atoms with Crippen molar-refractivity contribution in [2.75, 3.05) is 4.90 Å². The number of nitro benzene ring substituents is 1. The number of phenols is 1. The summed E-state index contributed by atoms with van der Waals surface area (Å²) in [5.41, 5.74) is 0.0444. The van der Waals surface area contributed by atoms with Crippen LogP contribution in [0.3, 0.4) is 0 Å². The van der Waals surface area contributed by atoms with Crippen LogP contribution in [0.1, 0.15) is 20.7 Å². The summed E-state index contributed by atoms with van der Waals surface area (Å²) < 4.78 is 0. The quantitative estimate of drug-likeness (QED) is 0.517. The molecule has 104 valence electrons. The lowest BCUT2D eigenvalue weighted by Gasteiger charge is -2.13. The number of hydrogen-bond donors (Lipinski definition) is 1. The Bertz CT molecular complexity index is 800. The Morgan fingerprint density at radius 2 is 1.71 bits per heavy atom. The van der Waals surface area contributed by atoms with Crippen LogP contribution in [0.5, 0.6) is 5.75 Å². The number of rotatable bonds is 2. The lowest BCUT2D eigenvalue weighted by atomic mass is 10.1. The number of hydrogen-bond acceptors (Lipinski definition) is 5. The molecular weight excluding hydrogens is 276 g/mol. The lowest BCUT2D eigenvalue weighted by molar-refractivity contribution is -0.384. The molecule has 0 bridgehead atoms. The maximum Gasteiger partial charge on any atom is 0.270 e. The van der Waals surface area contributed by atoms with Gasteiger partial charge in [-0.1, -0.05) is 6.07 Å². The van der Waals surface area contributed by atoms with Crippen LogP contribution in [-0.4, -0.2) is 21.8 Å². The highest BCUT2D eigenvalue weighted by Crippen LogP contribution is 2.31. The Kier molecular flexibility index (Phi) is 2.69. The molecule has 2 aromatic carbocycles. The zero-order valence-corrected chi connectivity index (χ0v) is 10.5. The first-order chi connectivity index (χ1) is 9.99. The Labute approximate surface area is 118 Å². The predicted molar refractivity (Wildman–Crippen MR) is 72.3 cm³/mol. The van der Waals surface area contributed by atoms with Crippen LogP contribution in [-0.2, 0) is 0 Å². The fourth-order valence-electron chi connectivity index (χ4n) is 2.21. The molecular formula is C14H8N2O5. The van der Waals surface area contributed by atoms with Crippen LogP contribution in [0.4, 0.5) is 11.4 Å². The van der Waals surface area contributed by atoms with E-state index in [1.165, 1.54) is 36.4 Å². The minimum atomic E-state index is -0.649. The highest BCUT2D eigenvalue weighted by Gasteiger charge is 2.37. The zero-order chi connectivity index (χ0) is 15.1. The van der Waals surface area contributed by atoms with Gasteiger partial charge in [-0.05, 0) is 18.2 Å². The molecule has 3 rings (SSSR count).